The van der Waals surface area contributed by atoms with Gasteiger partial charge in [0.05, 0.1) is 12.5 Å². The van der Waals surface area contributed by atoms with Crippen LogP contribution in [-0.4, -0.2) is 47.6 Å². The van der Waals surface area contributed by atoms with Gasteiger partial charge in [0.15, 0.2) is 0 Å². The molecule has 1 saturated heterocycles. The number of likely N-dealkylation sites (tertiary alicyclic amines) is 1. The summed E-state index contributed by atoms with van der Waals surface area (Å²) in [5.41, 5.74) is 10.6. The maximum Gasteiger partial charge on any atom is 0.240 e. The Morgan fingerprint density at radius 1 is 1.38 bits per heavy atom. The Balaban J connectivity index is 2.40. The van der Waals surface area contributed by atoms with Crippen molar-refractivity contribution in [3.05, 3.63) is 0 Å². The van der Waals surface area contributed by atoms with Crippen LogP contribution in [-0.2, 0) is 9.59 Å². The summed E-state index contributed by atoms with van der Waals surface area (Å²) in [6.45, 7) is 1.35. The molecule has 1 fully saturated rings. The molecule has 0 radical (unpaired) electrons. The second kappa shape index (κ2) is 5.81. The van der Waals surface area contributed by atoms with Crippen LogP contribution >= 0.6 is 0 Å². The number of aliphatic hydroxyl groups excluding tert-OH is 1. The molecule has 16 heavy (non-hydrogen) atoms. The molecule has 6 heteroatoms. The average molecular weight is 229 g/mol. The van der Waals surface area contributed by atoms with Crippen LogP contribution in [0.1, 0.15) is 19.3 Å². The Bertz CT molecular complexity index is 262. The molecule has 1 unspecified atom stereocenters. The van der Waals surface area contributed by atoms with Crippen molar-refractivity contribution in [3.8, 4) is 0 Å². The molecule has 2 amide bonds. The number of hydrogen-bond acceptors (Lipinski definition) is 4. The first-order valence-electron chi connectivity index (χ1n) is 5.48. The van der Waals surface area contributed by atoms with Crippen molar-refractivity contribution in [2.45, 2.75) is 25.3 Å². The van der Waals surface area contributed by atoms with Gasteiger partial charge in [-0.25, -0.2) is 0 Å². The maximum atomic E-state index is 11.8. The molecule has 0 aromatic heterocycles. The highest BCUT2D eigenvalue weighted by Crippen LogP contribution is 2.16. The van der Waals surface area contributed by atoms with Crippen molar-refractivity contribution in [3.63, 3.8) is 0 Å². The monoisotopic (exact) mass is 229 g/mol. The molecule has 0 aromatic carbocycles. The van der Waals surface area contributed by atoms with Crippen molar-refractivity contribution >= 4 is 11.8 Å². The number of aliphatic hydroxyl groups is 1. The maximum absolute atomic E-state index is 11.8. The van der Waals surface area contributed by atoms with E-state index in [1.807, 2.05) is 0 Å². The number of nitrogens with zero attached hydrogens (tertiary/aromatic N) is 1. The normalized spacial score (nSPS) is 19.5. The van der Waals surface area contributed by atoms with Crippen LogP contribution in [0.25, 0.3) is 0 Å². The molecule has 5 N–H and O–H groups in total. The number of carbonyl (C=O) groups is 2. The Morgan fingerprint density at radius 2 is 1.94 bits per heavy atom. The predicted molar refractivity (Wildman–Crippen MR) is 58.2 cm³/mol. The molecule has 6 nitrogen and oxygen atoms in total. The van der Waals surface area contributed by atoms with Crippen LogP contribution in [0.15, 0.2) is 0 Å². The van der Waals surface area contributed by atoms with Crippen molar-refractivity contribution < 1.29 is 14.7 Å². The summed E-state index contributed by atoms with van der Waals surface area (Å²) >= 11 is 0. The van der Waals surface area contributed by atoms with Crippen LogP contribution < -0.4 is 11.5 Å². The summed E-state index contributed by atoms with van der Waals surface area (Å²) in [5, 5.41) is 8.95. The van der Waals surface area contributed by atoms with Crippen LogP contribution in [0.2, 0.25) is 0 Å². The van der Waals surface area contributed by atoms with Crippen LogP contribution in [0.5, 0.6) is 0 Å². The van der Waals surface area contributed by atoms with E-state index in [1.54, 1.807) is 4.90 Å². The van der Waals surface area contributed by atoms with Gasteiger partial charge in [-0.15, -0.1) is 0 Å². The largest absolute Gasteiger partial charge is 0.396 e. The van der Waals surface area contributed by atoms with Crippen LogP contribution in [0.4, 0.5) is 0 Å². The van der Waals surface area contributed by atoms with E-state index in [-0.39, 0.29) is 24.9 Å². The third-order valence-electron chi connectivity index (χ3n) is 2.92. The summed E-state index contributed by atoms with van der Waals surface area (Å²) in [7, 11) is 0. The molecule has 0 saturated carbocycles. The number of carbonyl (C=O) groups excluding carboxylic acids is 2. The highest BCUT2D eigenvalue weighted by atomic mass is 16.3. The molecular weight excluding hydrogens is 210 g/mol. The molecule has 1 aliphatic rings. The van der Waals surface area contributed by atoms with E-state index in [9.17, 15) is 9.59 Å². The van der Waals surface area contributed by atoms with Gasteiger partial charge in [0.25, 0.3) is 0 Å². The second-order valence-corrected chi connectivity index (χ2v) is 4.23. The minimum atomic E-state index is -0.830. The topological polar surface area (TPSA) is 110 Å². The van der Waals surface area contributed by atoms with Crippen molar-refractivity contribution in [1.82, 2.24) is 4.90 Å². The van der Waals surface area contributed by atoms with Crippen LogP contribution in [0.3, 0.4) is 0 Å². The van der Waals surface area contributed by atoms with E-state index < -0.39 is 11.9 Å². The van der Waals surface area contributed by atoms with Crippen LogP contribution in [0, 0.1) is 5.92 Å². The van der Waals surface area contributed by atoms with E-state index in [4.69, 9.17) is 16.6 Å². The van der Waals surface area contributed by atoms with Gasteiger partial charge in [0, 0.05) is 19.7 Å². The SMILES string of the molecule is NC(=O)CC(N)C(=O)N1CCC(CO)CC1. The second-order valence-electron chi connectivity index (χ2n) is 4.23. The zero-order valence-electron chi connectivity index (χ0n) is 9.26. The standard InChI is InChI=1S/C10H19N3O3/c11-8(5-9(12)15)10(16)13-3-1-7(6-14)2-4-13/h7-8,14H,1-6,11H2,(H2,12,15). The molecule has 1 rings (SSSR count). The highest BCUT2D eigenvalue weighted by Gasteiger charge is 2.26. The third kappa shape index (κ3) is 3.46. The number of primary amides is 1. The van der Waals surface area contributed by atoms with Gasteiger partial charge >= 0.3 is 0 Å². The van der Waals surface area contributed by atoms with E-state index in [2.05, 4.69) is 0 Å². The summed E-state index contributed by atoms with van der Waals surface area (Å²) < 4.78 is 0. The number of nitrogens with two attached hydrogens (primary N) is 2. The predicted octanol–water partition coefficient (Wildman–Crippen LogP) is -1.58. The zero-order valence-corrected chi connectivity index (χ0v) is 9.26. The minimum Gasteiger partial charge on any atom is -0.396 e. The Kier molecular flexibility index (Phi) is 4.70. The molecule has 1 aliphatic heterocycles. The van der Waals surface area contributed by atoms with Crippen molar-refractivity contribution in [1.29, 1.82) is 0 Å². The first-order chi connectivity index (χ1) is 7.54. The smallest absolute Gasteiger partial charge is 0.240 e. The quantitative estimate of drug-likeness (QED) is 0.540. The van der Waals surface area contributed by atoms with E-state index in [0.717, 1.165) is 12.8 Å². The molecular formula is C10H19N3O3. The van der Waals surface area contributed by atoms with E-state index in [0.29, 0.717) is 13.1 Å². The number of amides is 2. The Hall–Kier alpha value is -1.14. The fourth-order valence-electron chi connectivity index (χ4n) is 1.87. The van der Waals surface area contributed by atoms with Gasteiger partial charge in [0.1, 0.15) is 0 Å². The van der Waals surface area contributed by atoms with Gasteiger partial charge in [0.2, 0.25) is 11.8 Å². The lowest BCUT2D eigenvalue weighted by molar-refractivity contribution is -0.136. The van der Waals surface area contributed by atoms with Gasteiger partial charge in [-0.3, -0.25) is 9.59 Å². The zero-order chi connectivity index (χ0) is 12.1. The molecule has 92 valence electrons. The van der Waals surface area contributed by atoms with Gasteiger partial charge in [-0.05, 0) is 18.8 Å². The number of rotatable bonds is 4. The minimum absolute atomic E-state index is 0.112. The fraction of sp³-hybridized carbons (Fsp3) is 0.800. The van der Waals surface area contributed by atoms with Crippen molar-refractivity contribution in [2.75, 3.05) is 19.7 Å². The number of hydrogen-bond donors (Lipinski definition) is 3. The summed E-state index contributed by atoms with van der Waals surface area (Å²) in [5.74, 6) is -0.516. The van der Waals surface area contributed by atoms with Gasteiger partial charge < -0.3 is 21.5 Å². The molecule has 1 heterocycles. The third-order valence-corrected chi connectivity index (χ3v) is 2.92. The molecule has 1 atom stereocenters. The Labute approximate surface area is 94.6 Å². The summed E-state index contributed by atoms with van der Waals surface area (Å²) in [6, 6.07) is -0.830. The molecule has 0 aliphatic carbocycles. The highest BCUT2D eigenvalue weighted by molar-refractivity contribution is 5.87. The Morgan fingerprint density at radius 3 is 2.38 bits per heavy atom. The van der Waals surface area contributed by atoms with Gasteiger partial charge in [-0.1, -0.05) is 0 Å². The van der Waals surface area contributed by atoms with E-state index >= 15 is 0 Å². The lowest BCUT2D eigenvalue weighted by Crippen LogP contribution is -2.48. The first kappa shape index (κ1) is 12.9. The van der Waals surface area contributed by atoms with Crippen molar-refractivity contribution in [2.24, 2.45) is 17.4 Å². The average Bonchev–Trinajstić information content (AvgIpc) is 2.27. The molecule has 0 spiro atoms. The number of piperidine rings is 1. The van der Waals surface area contributed by atoms with E-state index in [1.165, 1.54) is 0 Å². The van der Waals surface area contributed by atoms with Gasteiger partial charge in [-0.2, -0.15) is 0 Å². The molecule has 0 bridgehead atoms. The first-order valence-corrected chi connectivity index (χ1v) is 5.48. The lowest BCUT2D eigenvalue weighted by atomic mass is 9.97. The summed E-state index contributed by atoms with van der Waals surface area (Å²) in [4.78, 5) is 24.0. The fourth-order valence-corrected chi connectivity index (χ4v) is 1.87. The lowest BCUT2D eigenvalue weighted by Gasteiger charge is -2.32. The molecule has 0 aromatic rings. The summed E-state index contributed by atoms with van der Waals surface area (Å²) in [6.07, 6.45) is 1.45.